The van der Waals surface area contributed by atoms with Crippen molar-refractivity contribution in [2.45, 2.75) is 18.0 Å². The van der Waals surface area contributed by atoms with Crippen LogP contribution in [-0.2, 0) is 16.2 Å². The molecule has 6 nitrogen and oxygen atoms in total. The molecule has 0 aliphatic heterocycles. The first kappa shape index (κ1) is 17.2. The minimum absolute atomic E-state index is 0.384. The fourth-order valence-electron chi connectivity index (χ4n) is 1.71. The summed E-state index contributed by atoms with van der Waals surface area (Å²) in [5.41, 5.74) is 3.77. The van der Waals surface area contributed by atoms with E-state index in [0.29, 0.717) is 4.31 Å². The first-order valence-corrected chi connectivity index (χ1v) is 7.05. The standard InChI is InChI=1S/C11H14F3N3O3S/c1-7-8(11(12,13)14)4-3-5-9(7)21(19,20)17(2)6-10(15)16-18/h3-5,18H,6H2,1-2H3,(H2,15,16). The number of hydrogen-bond acceptors (Lipinski definition) is 4. The van der Waals surface area contributed by atoms with Crippen LogP contribution in [-0.4, -0.2) is 37.4 Å². The Morgan fingerprint density at radius 2 is 2.00 bits per heavy atom. The molecule has 0 aromatic heterocycles. The van der Waals surface area contributed by atoms with Crippen LogP contribution in [0.15, 0.2) is 28.3 Å². The molecule has 1 aromatic carbocycles. The molecule has 0 fully saturated rings. The maximum atomic E-state index is 12.8. The summed E-state index contributed by atoms with van der Waals surface area (Å²) in [6, 6.07) is 2.89. The topological polar surface area (TPSA) is 96.0 Å². The summed E-state index contributed by atoms with van der Waals surface area (Å²) in [4.78, 5) is -0.481. The highest BCUT2D eigenvalue weighted by atomic mass is 32.2. The smallest absolute Gasteiger partial charge is 0.409 e. The Morgan fingerprint density at radius 3 is 2.48 bits per heavy atom. The molecule has 3 N–H and O–H groups in total. The molecule has 0 aliphatic rings. The number of oxime groups is 1. The normalized spacial score (nSPS) is 13.7. The molecule has 0 aliphatic carbocycles. The van der Waals surface area contributed by atoms with Gasteiger partial charge in [-0.2, -0.15) is 17.5 Å². The highest BCUT2D eigenvalue weighted by molar-refractivity contribution is 7.89. The van der Waals surface area contributed by atoms with Crippen LogP contribution in [0, 0.1) is 6.92 Å². The zero-order chi connectivity index (χ0) is 16.4. The van der Waals surface area contributed by atoms with E-state index >= 15 is 0 Å². The van der Waals surface area contributed by atoms with E-state index < -0.39 is 38.8 Å². The Kier molecular flexibility index (Phi) is 4.84. The minimum Gasteiger partial charge on any atom is -0.409 e. The predicted molar refractivity (Wildman–Crippen MR) is 69.4 cm³/mol. The molecule has 1 aromatic rings. The van der Waals surface area contributed by atoms with Gasteiger partial charge in [0.15, 0.2) is 5.84 Å². The Hall–Kier alpha value is -1.81. The third kappa shape index (κ3) is 3.64. The van der Waals surface area contributed by atoms with Gasteiger partial charge in [0.1, 0.15) is 0 Å². The van der Waals surface area contributed by atoms with Gasteiger partial charge in [-0.1, -0.05) is 11.2 Å². The zero-order valence-corrected chi connectivity index (χ0v) is 12.0. The second kappa shape index (κ2) is 5.90. The van der Waals surface area contributed by atoms with Gasteiger partial charge in [0.25, 0.3) is 0 Å². The highest BCUT2D eigenvalue weighted by Gasteiger charge is 2.35. The van der Waals surface area contributed by atoms with Gasteiger partial charge in [0.05, 0.1) is 17.0 Å². The summed E-state index contributed by atoms with van der Waals surface area (Å²) in [7, 11) is -3.08. The van der Waals surface area contributed by atoms with E-state index in [2.05, 4.69) is 5.16 Å². The molecule has 0 saturated heterocycles. The van der Waals surface area contributed by atoms with Gasteiger partial charge in [0, 0.05) is 7.05 Å². The first-order valence-electron chi connectivity index (χ1n) is 5.61. The summed E-state index contributed by atoms with van der Waals surface area (Å²) in [5.74, 6) is -0.384. The van der Waals surface area contributed by atoms with Crippen LogP contribution in [0.5, 0.6) is 0 Å². The van der Waals surface area contributed by atoms with Crippen LogP contribution < -0.4 is 5.73 Å². The Bertz CT molecular complexity index is 656. The summed E-state index contributed by atoms with van der Waals surface area (Å²) in [5, 5.41) is 11.0. The van der Waals surface area contributed by atoms with Crippen LogP contribution in [0.1, 0.15) is 11.1 Å². The van der Waals surface area contributed by atoms with Crippen LogP contribution in [0.3, 0.4) is 0 Å². The fraction of sp³-hybridized carbons (Fsp3) is 0.364. The largest absolute Gasteiger partial charge is 0.416 e. The van der Waals surface area contributed by atoms with Crippen molar-refractivity contribution in [3.05, 3.63) is 29.3 Å². The SMILES string of the molecule is Cc1c(C(F)(F)F)cccc1S(=O)(=O)N(C)C/C(N)=N/O. The number of hydrogen-bond donors (Lipinski definition) is 2. The molecule has 0 heterocycles. The highest BCUT2D eigenvalue weighted by Crippen LogP contribution is 2.34. The molecule has 10 heteroatoms. The molecule has 0 atom stereocenters. The van der Waals surface area contributed by atoms with Crippen molar-refractivity contribution in [1.29, 1.82) is 0 Å². The van der Waals surface area contributed by atoms with Gasteiger partial charge in [0.2, 0.25) is 10.0 Å². The fourth-order valence-corrected chi connectivity index (χ4v) is 3.10. The van der Waals surface area contributed by atoms with E-state index in [9.17, 15) is 21.6 Å². The van der Waals surface area contributed by atoms with Gasteiger partial charge in [-0.15, -0.1) is 0 Å². The average Bonchev–Trinajstić information content (AvgIpc) is 2.36. The lowest BCUT2D eigenvalue weighted by Crippen LogP contribution is -2.36. The number of amidine groups is 1. The number of likely N-dealkylation sites (N-methyl/N-ethyl adjacent to an activating group) is 1. The molecule has 0 bridgehead atoms. The Balaban J connectivity index is 3.34. The van der Waals surface area contributed by atoms with Crippen LogP contribution in [0.2, 0.25) is 0 Å². The predicted octanol–water partition coefficient (Wildman–Crippen LogP) is 1.38. The summed E-state index contributed by atoms with van der Waals surface area (Å²) in [6.45, 7) is 0.627. The number of nitrogens with zero attached hydrogens (tertiary/aromatic N) is 2. The second-order valence-electron chi connectivity index (χ2n) is 4.28. The van der Waals surface area contributed by atoms with Crippen molar-refractivity contribution in [3.8, 4) is 0 Å². The van der Waals surface area contributed by atoms with Crippen LogP contribution in [0.25, 0.3) is 0 Å². The molecule has 0 saturated carbocycles. The molecule has 0 radical (unpaired) electrons. The van der Waals surface area contributed by atoms with Gasteiger partial charge in [-0.25, -0.2) is 8.42 Å². The van der Waals surface area contributed by atoms with E-state index in [1.54, 1.807) is 0 Å². The lowest BCUT2D eigenvalue weighted by Gasteiger charge is -2.19. The van der Waals surface area contributed by atoms with E-state index in [1.807, 2.05) is 0 Å². The number of sulfonamides is 1. The molecule has 21 heavy (non-hydrogen) atoms. The number of alkyl halides is 3. The summed E-state index contributed by atoms with van der Waals surface area (Å²) in [6.07, 6.45) is -4.65. The number of benzene rings is 1. The van der Waals surface area contributed by atoms with Crippen molar-refractivity contribution in [3.63, 3.8) is 0 Å². The van der Waals surface area contributed by atoms with Crippen molar-refractivity contribution >= 4 is 15.9 Å². The van der Waals surface area contributed by atoms with E-state index in [-0.39, 0.29) is 5.84 Å². The van der Waals surface area contributed by atoms with Crippen molar-refractivity contribution in [2.75, 3.05) is 13.6 Å². The van der Waals surface area contributed by atoms with Crippen molar-refractivity contribution < 1.29 is 26.8 Å². The van der Waals surface area contributed by atoms with E-state index in [0.717, 1.165) is 32.2 Å². The minimum atomic E-state index is -4.65. The molecule has 118 valence electrons. The van der Waals surface area contributed by atoms with Gasteiger partial charge in [-0.3, -0.25) is 0 Å². The lowest BCUT2D eigenvalue weighted by molar-refractivity contribution is -0.138. The second-order valence-corrected chi connectivity index (χ2v) is 6.29. The number of nitrogens with two attached hydrogens (primary N) is 1. The quantitative estimate of drug-likeness (QED) is 0.378. The molecule has 0 amide bonds. The van der Waals surface area contributed by atoms with Gasteiger partial charge in [-0.05, 0) is 24.6 Å². The lowest BCUT2D eigenvalue weighted by atomic mass is 10.1. The van der Waals surface area contributed by atoms with Gasteiger partial charge < -0.3 is 10.9 Å². The first-order chi connectivity index (χ1) is 9.51. The maximum absolute atomic E-state index is 12.8. The third-order valence-electron chi connectivity index (χ3n) is 2.79. The maximum Gasteiger partial charge on any atom is 0.416 e. The summed E-state index contributed by atoms with van der Waals surface area (Å²) < 4.78 is 63.6. The van der Waals surface area contributed by atoms with E-state index in [1.165, 1.54) is 0 Å². The van der Waals surface area contributed by atoms with Crippen LogP contribution >= 0.6 is 0 Å². The van der Waals surface area contributed by atoms with Crippen molar-refractivity contribution in [1.82, 2.24) is 4.31 Å². The number of rotatable bonds is 4. The average molecular weight is 325 g/mol. The molecule has 0 unspecified atom stereocenters. The molecule has 1 rings (SSSR count). The molecular formula is C11H14F3N3O3S. The monoisotopic (exact) mass is 325 g/mol. The van der Waals surface area contributed by atoms with Crippen molar-refractivity contribution in [2.24, 2.45) is 10.9 Å². The Morgan fingerprint density at radius 1 is 1.43 bits per heavy atom. The van der Waals surface area contributed by atoms with Gasteiger partial charge >= 0.3 is 6.18 Å². The molecule has 0 spiro atoms. The molecular weight excluding hydrogens is 311 g/mol. The summed E-state index contributed by atoms with van der Waals surface area (Å²) >= 11 is 0. The van der Waals surface area contributed by atoms with E-state index in [4.69, 9.17) is 10.9 Å². The third-order valence-corrected chi connectivity index (χ3v) is 4.74. The number of halogens is 3. The van der Waals surface area contributed by atoms with Crippen LogP contribution in [0.4, 0.5) is 13.2 Å². The Labute approximate surface area is 119 Å². The zero-order valence-electron chi connectivity index (χ0n) is 11.2.